The molecule has 0 spiro atoms. The average molecular weight is 137 g/mol. The Kier molecular flexibility index (Phi) is 3.70. The van der Waals surface area contributed by atoms with E-state index in [1.54, 1.807) is 12.1 Å². The molecule has 52 valence electrons. The maximum atomic E-state index is 8.26. The number of nitriles is 2. The first-order valence-corrected chi connectivity index (χ1v) is 2.54. The van der Waals surface area contributed by atoms with Crippen molar-refractivity contribution in [1.82, 2.24) is 0 Å². The van der Waals surface area contributed by atoms with E-state index in [1.807, 2.05) is 0 Å². The van der Waals surface area contributed by atoms with Gasteiger partial charge in [-0.1, -0.05) is 0 Å². The fraction of sp³-hybridized carbons (Fsp3) is 0.333. The summed E-state index contributed by atoms with van der Waals surface area (Å²) < 4.78 is 4.60. The molecule has 0 saturated heterocycles. The molecule has 0 fully saturated rings. The fourth-order valence-corrected chi connectivity index (χ4v) is 0.396. The first-order valence-electron chi connectivity index (χ1n) is 2.54. The second-order valence-corrected chi connectivity index (χ2v) is 1.56. The number of ether oxygens (including phenoxy) is 1. The minimum Gasteiger partial charge on any atom is -0.398 e. The third-order valence-electron chi connectivity index (χ3n) is 0.845. The highest BCUT2D eigenvalue weighted by Gasteiger charge is 1.98. The predicted molar refractivity (Wildman–Crippen MR) is 34.3 cm³/mol. The molecule has 0 aliphatic rings. The Hall–Kier alpha value is -1.52. The molecular weight excluding hydrogens is 130 g/mol. The van der Waals surface area contributed by atoms with Gasteiger partial charge in [0.25, 0.3) is 0 Å². The first kappa shape index (κ1) is 8.48. The number of hydrogen-bond donors (Lipinski definition) is 1. The van der Waals surface area contributed by atoms with Gasteiger partial charge in [-0.05, 0) is 0 Å². The van der Waals surface area contributed by atoms with Crippen LogP contribution in [0.4, 0.5) is 0 Å². The summed E-state index contributed by atoms with van der Waals surface area (Å²) in [4.78, 5) is 0. The van der Waals surface area contributed by atoms with Crippen LogP contribution in [0.3, 0.4) is 0 Å². The van der Waals surface area contributed by atoms with Gasteiger partial charge in [-0.25, -0.2) is 0 Å². The molecule has 4 nitrogen and oxygen atoms in total. The van der Waals surface area contributed by atoms with E-state index in [4.69, 9.17) is 16.3 Å². The monoisotopic (exact) mass is 137 g/mol. The van der Waals surface area contributed by atoms with Crippen LogP contribution in [0.1, 0.15) is 0 Å². The molecule has 0 aliphatic carbocycles. The predicted octanol–water partition coefficient (Wildman–Crippen LogP) is -0.107. The van der Waals surface area contributed by atoms with Crippen molar-refractivity contribution in [3.8, 4) is 12.1 Å². The van der Waals surface area contributed by atoms with Gasteiger partial charge >= 0.3 is 0 Å². The molecule has 10 heavy (non-hydrogen) atoms. The highest BCUT2D eigenvalue weighted by atomic mass is 16.5. The van der Waals surface area contributed by atoms with Gasteiger partial charge in [-0.15, -0.1) is 0 Å². The van der Waals surface area contributed by atoms with Crippen LogP contribution in [0.25, 0.3) is 0 Å². The molecule has 0 aromatic rings. The van der Waals surface area contributed by atoms with Crippen molar-refractivity contribution >= 4 is 0 Å². The smallest absolute Gasteiger partial charge is 0.150 e. The summed E-state index contributed by atoms with van der Waals surface area (Å²) in [5, 5.41) is 16.5. The van der Waals surface area contributed by atoms with Crippen LogP contribution in [0, 0.1) is 22.7 Å². The van der Waals surface area contributed by atoms with Gasteiger partial charge in [0, 0.05) is 7.11 Å². The molecule has 0 heterocycles. The lowest BCUT2D eigenvalue weighted by molar-refractivity contribution is 0.224. The molecule has 0 rings (SSSR count). The first-order chi connectivity index (χ1) is 4.76. The fourth-order valence-electron chi connectivity index (χ4n) is 0.396. The number of nitrogens with two attached hydrogens (primary N) is 1. The number of rotatable bonds is 2. The number of nitrogens with zero attached hydrogens (tertiary/aromatic N) is 2. The largest absolute Gasteiger partial charge is 0.398 e. The number of allylic oxidation sites excluding steroid dienone is 1. The normalized spacial score (nSPS) is 7.50. The quantitative estimate of drug-likeness (QED) is 0.538. The number of hydrogen-bond acceptors (Lipinski definition) is 4. The Bertz CT molecular complexity index is 202. The van der Waals surface area contributed by atoms with Crippen LogP contribution in [0.2, 0.25) is 0 Å². The summed E-state index contributed by atoms with van der Waals surface area (Å²) in [6.07, 6.45) is 0. The lowest BCUT2D eigenvalue weighted by Crippen LogP contribution is -2.07. The van der Waals surface area contributed by atoms with E-state index >= 15 is 0 Å². The Morgan fingerprint density at radius 1 is 1.50 bits per heavy atom. The van der Waals surface area contributed by atoms with Crippen molar-refractivity contribution in [1.29, 1.82) is 10.5 Å². The van der Waals surface area contributed by atoms with Crippen LogP contribution >= 0.6 is 0 Å². The minimum atomic E-state index is -0.0816. The van der Waals surface area contributed by atoms with Gasteiger partial charge in [-0.3, -0.25) is 0 Å². The van der Waals surface area contributed by atoms with Crippen LogP contribution in [-0.4, -0.2) is 13.7 Å². The molecule has 0 bridgehead atoms. The van der Waals surface area contributed by atoms with Crippen molar-refractivity contribution in [2.24, 2.45) is 5.73 Å². The SMILES string of the molecule is COCC(N)=C(C#N)C#N. The van der Waals surface area contributed by atoms with Gasteiger partial charge in [0.1, 0.15) is 12.1 Å². The topological polar surface area (TPSA) is 82.8 Å². The van der Waals surface area contributed by atoms with Crippen LogP contribution < -0.4 is 5.73 Å². The van der Waals surface area contributed by atoms with Gasteiger partial charge in [0.15, 0.2) is 5.57 Å². The van der Waals surface area contributed by atoms with Crippen LogP contribution in [-0.2, 0) is 4.74 Å². The van der Waals surface area contributed by atoms with E-state index in [1.165, 1.54) is 7.11 Å². The molecule has 0 radical (unpaired) electrons. The van der Waals surface area contributed by atoms with Gasteiger partial charge in [0.05, 0.1) is 12.3 Å². The van der Waals surface area contributed by atoms with Crippen LogP contribution in [0.5, 0.6) is 0 Å². The number of methoxy groups -OCH3 is 1. The van der Waals surface area contributed by atoms with Crippen molar-refractivity contribution in [3.05, 3.63) is 11.3 Å². The molecule has 0 aromatic carbocycles. The molecule has 0 amide bonds. The summed E-state index contributed by atoms with van der Waals surface area (Å²) in [6, 6.07) is 3.30. The maximum Gasteiger partial charge on any atom is 0.150 e. The molecule has 0 atom stereocenters. The lowest BCUT2D eigenvalue weighted by Gasteiger charge is -1.96. The van der Waals surface area contributed by atoms with Crippen LogP contribution in [0.15, 0.2) is 11.3 Å². The second-order valence-electron chi connectivity index (χ2n) is 1.56. The summed E-state index contributed by atoms with van der Waals surface area (Å²) in [7, 11) is 1.44. The Balaban J connectivity index is 4.36. The average Bonchev–Trinajstić information content (AvgIpc) is 1.91. The van der Waals surface area contributed by atoms with Crippen molar-refractivity contribution in [2.45, 2.75) is 0 Å². The van der Waals surface area contributed by atoms with Gasteiger partial charge in [0.2, 0.25) is 0 Å². The Labute approximate surface area is 59.1 Å². The van der Waals surface area contributed by atoms with E-state index in [2.05, 4.69) is 4.74 Å². The highest BCUT2D eigenvalue weighted by Crippen LogP contribution is 1.94. The zero-order chi connectivity index (χ0) is 7.98. The van der Waals surface area contributed by atoms with E-state index < -0.39 is 0 Å². The molecule has 2 N–H and O–H groups in total. The third-order valence-corrected chi connectivity index (χ3v) is 0.845. The Morgan fingerprint density at radius 3 is 2.30 bits per heavy atom. The molecule has 0 aliphatic heterocycles. The van der Waals surface area contributed by atoms with E-state index in [9.17, 15) is 0 Å². The third kappa shape index (κ3) is 2.17. The van der Waals surface area contributed by atoms with E-state index in [0.29, 0.717) is 0 Å². The highest BCUT2D eigenvalue weighted by molar-refractivity contribution is 5.38. The standard InChI is InChI=1S/C6H7N3O/c1-10-4-6(9)5(2-7)3-8/h4,9H2,1H3. The summed E-state index contributed by atoms with van der Waals surface area (Å²) in [5.74, 6) is 0. The minimum absolute atomic E-state index is 0.0816. The van der Waals surface area contributed by atoms with Crippen molar-refractivity contribution < 1.29 is 4.74 Å². The molecule has 0 aromatic heterocycles. The van der Waals surface area contributed by atoms with Gasteiger partial charge in [-0.2, -0.15) is 10.5 Å². The molecule has 0 unspecified atom stereocenters. The lowest BCUT2D eigenvalue weighted by atomic mass is 10.2. The second kappa shape index (κ2) is 4.37. The summed E-state index contributed by atoms with van der Waals surface area (Å²) in [5.41, 5.74) is 5.35. The van der Waals surface area contributed by atoms with Crippen molar-refractivity contribution in [2.75, 3.05) is 13.7 Å². The van der Waals surface area contributed by atoms with Gasteiger partial charge < -0.3 is 10.5 Å². The summed E-state index contributed by atoms with van der Waals surface area (Å²) >= 11 is 0. The van der Waals surface area contributed by atoms with E-state index in [0.717, 1.165) is 0 Å². The van der Waals surface area contributed by atoms with E-state index in [-0.39, 0.29) is 17.9 Å². The molecular formula is C6H7N3O. The summed E-state index contributed by atoms with van der Waals surface area (Å²) in [6.45, 7) is 0.121. The zero-order valence-electron chi connectivity index (χ0n) is 5.59. The zero-order valence-corrected chi connectivity index (χ0v) is 5.59. The maximum absolute atomic E-state index is 8.26. The Morgan fingerprint density at radius 2 is 2.00 bits per heavy atom. The molecule has 0 saturated carbocycles. The molecule has 4 heteroatoms. The van der Waals surface area contributed by atoms with Crippen molar-refractivity contribution in [3.63, 3.8) is 0 Å².